The van der Waals surface area contributed by atoms with E-state index in [0.29, 0.717) is 23.9 Å². The minimum Gasteiger partial charge on any atom is -0.467 e. The molecule has 6 heteroatoms. The molecule has 1 saturated heterocycles. The highest BCUT2D eigenvalue weighted by Gasteiger charge is 2.29. The van der Waals surface area contributed by atoms with Gasteiger partial charge in [-0.15, -0.1) is 0 Å². The van der Waals surface area contributed by atoms with Gasteiger partial charge in [-0.1, -0.05) is 20.8 Å². The van der Waals surface area contributed by atoms with Crippen molar-refractivity contribution in [3.05, 3.63) is 0 Å². The second kappa shape index (κ2) is 6.72. The molecule has 1 atom stereocenters. The fourth-order valence-electron chi connectivity index (χ4n) is 2.62. The Morgan fingerprint density at radius 2 is 2.15 bits per heavy atom. The standard InChI is InChI=1S/C14H25N5O/c1-5-8-15-12-16-13(18-14(17-12)20-4)19-9-6-7-11(19)10(2)3/h10-11H,5-9H2,1-4H3,(H,15,16,17,18). The lowest BCUT2D eigenvalue weighted by Gasteiger charge is -2.27. The molecule has 0 spiro atoms. The first-order valence-electron chi connectivity index (χ1n) is 7.46. The van der Waals surface area contributed by atoms with Crippen LogP contribution in [0.3, 0.4) is 0 Å². The van der Waals surface area contributed by atoms with Crippen LogP contribution in [0.5, 0.6) is 6.01 Å². The van der Waals surface area contributed by atoms with E-state index < -0.39 is 0 Å². The van der Waals surface area contributed by atoms with Crippen LogP contribution in [0, 0.1) is 5.92 Å². The van der Waals surface area contributed by atoms with Gasteiger partial charge in [-0.3, -0.25) is 0 Å². The van der Waals surface area contributed by atoms with Gasteiger partial charge < -0.3 is 15.0 Å². The predicted molar refractivity (Wildman–Crippen MR) is 80.4 cm³/mol. The first-order valence-corrected chi connectivity index (χ1v) is 7.46. The number of nitrogens with zero attached hydrogens (tertiary/aromatic N) is 4. The summed E-state index contributed by atoms with van der Waals surface area (Å²) >= 11 is 0. The minimum absolute atomic E-state index is 0.378. The van der Waals surface area contributed by atoms with E-state index >= 15 is 0 Å². The third kappa shape index (κ3) is 3.29. The van der Waals surface area contributed by atoms with Crippen LogP contribution in [0.2, 0.25) is 0 Å². The number of hydrogen-bond acceptors (Lipinski definition) is 6. The van der Waals surface area contributed by atoms with E-state index in [4.69, 9.17) is 4.74 Å². The monoisotopic (exact) mass is 279 g/mol. The van der Waals surface area contributed by atoms with Gasteiger partial charge in [0.1, 0.15) is 0 Å². The molecule has 2 heterocycles. The van der Waals surface area contributed by atoms with Crippen molar-refractivity contribution < 1.29 is 4.74 Å². The van der Waals surface area contributed by atoms with Gasteiger partial charge >= 0.3 is 6.01 Å². The number of aromatic nitrogens is 3. The predicted octanol–water partition coefficient (Wildman–Crippen LogP) is 2.33. The normalized spacial score (nSPS) is 18.6. The van der Waals surface area contributed by atoms with E-state index in [1.54, 1.807) is 7.11 Å². The lowest BCUT2D eigenvalue weighted by Crippen LogP contribution is -2.35. The molecule has 1 aliphatic heterocycles. The molecule has 20 heavy (non-hydrogen) atoms. The van der Waals surface area contributed by atoms with Gasteiger partial charge in [0.25, 0.3) is 0 Å². The second-order valence-corrected chi connectivity index (χ2v) is 5.52. The van der Waals surface area contributed by atoms with Crippen molar-refractivity contribution in [1.82, 2.24) is 15.0 Å². The van der Waals surface area contributed by atoms with Crippen LogP contribution in [0.25, 0.3) is 0 Å². The van der Waals surface area contributed by atoms with Crippen LogP contribution in [-0.4, -0.2) is 41.2 Å². The Hall–Kier alpha value is -1.59. The van der Waals surface area contributed by atoms with Gasteiger partial charge in [0, 0.05) is 19.1 Å². The first kappa shape index (κ1) is 14.8. The lowest BCUT2D eigenvalue weighted by molar-refractivity contribution is 0.377. The van der Waals surface area contributed by atoms with Gasteiger partial charge in [-0.2, -0.15) is 15.0 Å². The van der Waals surface area contributed by atoms with Crippen LogP contribution in [0.1, 0.15) is 40.0 Å². The Labute approximate surface area is 121 Å². The Balaban J connectivity index is 2.25. The minimum atomic E-state index is 0.378. The third-order valence-electron chi connectivity index (χ3n) is 3.64. The number of rotatable bonds is 6. The molecular formula is C14H25N5O. The quantitative estimate of drug-likeness (QED) is 0.862. The molecule has 0 bridgehead atoms. The highest BCUT2D eigenvalue weighted by Crippen LogP contribution is 2.28. The number of nitrogens with one attached hydrogen (secondary N) is 1. The SMILES string of the molecule is CCCNc1nc(OC)nc(N2CCCC2C(C)C)n1. The number of ether oxygens (including phenoxy) is 1. The van der Waals surface area contributed by atoms with Crippen LogP contribution in [0.15, 0.2) is 0 Å². The van der Waals surface area contributed by atoms with Crippen LogP contribution < -0.4 is 15.0 Å². The molecule has 0 amide bonds. The third-order valence-corrected chi connectivity index (χ3v) is 3.64. The largest absolute Gasteiger partial charge is 0.467 e. The van der Waals surface area contributed by atoms with Crippen molar-refractivity contribution >= 4 is 11.9 Å². The average Bonchev–Trinajstić information content (AvgIpc) is 2.94. The van der Waals surface area contributed by atoms with Gasteiger partial charge in [-0.25, -0.2) is 0 Å². The maximum Gasteiger partial charge on any atom is 0.322 e. The highest BCUT2D eigenvalue weighted by atomic mass is 16.5. The molecule has 1 aliphatic rings. The molecule has 1 aromatic heterocycles. The molecule has 1 N–H and O–H groups in total. The molecule has 1 aromatic rings. The molecule has 2 rings (SSSR count). The molecule has 112 valence electrons. The van der Waals surface area contributed by atoms with Crippen LogP contribution >= 0.6 is 0 Å². The van der Waals surface area contributed by atoms with E-state index in [9.17, 15) is 0 Å². The van der Waals surface area contributed by atoms with Crippen LogP contribution in [-0.2, 0) is 0 Å². The summed E-state index contributed by atoms with van der Waals surface area (Å²) in [5.41, 5.74) is 0. The summed E-state index contributed by atoms with van der Waals surface area (Å²) in [6.45, 7) is 8.46. The summed E-state index contributed by atoms with van der Waals surface area (Å²) < 4.78 is 5.20. The van der Waals surface area contributed by atoms with Crippen LogP contribution in [0.4, 0.5) is 11.9 Å². The maximum atomic E-state index is 5.20. The van der Waals surface area contributed by atoms with Crippen molar-refractivity contribution in [2.75, 3.05) is 30.4 Å². The van der Waals surface area contributed by atoms with Crippen molar-refractivity contribution in [1.29, 1.82) is 0 Å². The zero-order chi connectivity index (χ0) is 14.5. The fourth-order valence-corrected chi connectivity index (χ4v) is 2.62. The summed E-state index contributed by atoms with van der Waals surface area (Å²) in [5, 5.41) is 3.21. The molecular weight excluding hydrogens is 254 g/mol. The van der Waals surface area contributed by atoms with Gasteiger partial charge in [0.2, 0.25) is 11.9 Å². The summed E-state index contributed by atoms with van der Waals surface area (Å²) in [6.07, 6.45) is 3.42. The van der Waals surface area contributed by atoms with Gasteiger partial charge in [-0.05, 0) is 25.2 Å². The molecule has 1 fully saturated rings. The zero-order valence-corrected chi connectivity index (χ0v) is 12.9. The maximum absolute atomic E-state index is 5.20. The van der Waals surface area contributed by atoms with E-state index in [2.05, 4.69) is 45.9 Å². The number of anilines is 2. The van der Waals surface area contributed by atoms with E-state index in [1.165, 1.54) is 12.8 Å². The molecule has 0 aliphatic carbocycles. The average molecular weight is 279 g/mol. The zero-order valence-electron chi connectivity index (χ0n) is 12.9. The highest BCUT2D eigenvalue weighted by molar-refractivity contribution is 5.40. The second-order valence-electron chi connectivity index (χ2n) is 5.52. The Morgan fingerprint density at radius 3 is 2.80 bits per heavy atom. The Kier molecular flexibility index (Phi) is 4.98. The lowest BCUT2D eigenvalue weighted by atomic mass is 10.0. The van der Waals surface area contributed by atoms with Crippen molar-refractivity contribution in [3.63, 3.8) is 0 Å². The van der Waals surface area contributed by atoms with Gasteiger partial charge in [0.15, 0.2) is 0 Å². The van der Waals surface area contributed by atoms with E-state index in [1.807, 2.05) is 0 Å². The topological polar surface area (TPSA) is 63.2 Å². The molecule has 0 saturated carbocycles. The molecule has 6 nitrogen and oxygen atoms in total. The summed E-state index contributed by atoms with van der Waals surface area (Å²) in [5.74, 6) is 1.92. The fraction of sp³-hybridized carbons (Fsp3) is 0.786. The van der Waals surface area contributed by atoms with E-state index in [-0.39, 0.29) is 0 Å². The van der Waals surface area contributed by atoms with E-state index in [0.717, 1.165) is 25.5 Å². The molecule has 0 radical (unpaired) electrons. The molecule has 0 aromatic carbocycles. The molecule has 1 unspecified atom stereocenters. The number of hydrogen-bond donors (Lipinski definition) is 1. The first-order chi connectivity index (χ1) is 9.65. The van der Waals surface area contributed by atoms with Crippen molar-refractivity contribution in [2.45, 2.75) is 46.1 Å². The smallest absolute Gasteiger partial charge is 0.322 e. The van der Waals surface area contributed by atoms with Crippen molar-refractivity contribution in [2.24, 2.45) is 5.92 Å². The van der Waals surface area contributed by atoms with Crippen molar-refractivity contribution in [3.8, 4) is 6.01 Å². The Morgan fingerprint density at radius 1 is 1.35 bits per heavy atom. The van der Waals surface area contributed by atoms with Gasteiger partial charge in [0.05, 0.1) is 7.11 Å². The summed E-state index contributed by atoms with van der Waals surface area (Å²) in [4.78, 5) is 15.5. The summed E-state index contributed by atoms with van der Waals surface area (Å²) in [7, 11) is 1.59. The number of methoxy groups -OCH3 is 1. The summed E-state index contributed by atoms with van der Waals surface area (Å²) in [6, 6.07) is 0.879. The Bertz CT molecular complexity index is 438.